The van der Waals surface area contributed by atoms with Crippen molar-refractivity contribution in [1.82, 2.24) is 20.2 Å². The summed E-state index contributed by atoms with van der Waals surface area (Å²) in [6.07, 6.45) is -3.48. The number of rotatable bonds is 3. The molecule has 3 aromatic heterocycles. The molecule has 4 rings (SSSR count). The Morgan fingerprint density at radius 2 is 2.00 bits per heavy atom. The third-order valence-electron chi connectivity index (χ3n) is 4.33. The molecular formula is C19H13F3N4O2S. The molecule has 0 spiro atoms. The van der Waals surface area contributed by atoms with Gasteiger partial charge in [0.15, 0.2) is 5.69 Å². The normalized spacial score (nSPS) is 11.8. The standard InChI is InChI=1S/C19H13F3N4O2S/c1-9-4-3-5-11-13(9)25-26-14(11)17-24-15(18(27)28-2)16(29-17)10-6-7-12(23-8-10)19(20,21)22/h3-8H,1-2H3,(H,25,26). The summed E-state index contributed by atoms with van der Waals surface area (Å²) in [6.45, 7) is 1.94. The van der Waals surface area contributed by atoms with Crippen LogP contribution in [-0.2, 0) is 10.9 Å². The number of pyridine rings is 1. The number of para-hydroxylation sites is 1. The molecule has 6 nitrogen and oxygen atoms in total. The van der Waals surface area contributed by atoms with E-state index in [0.29, 0.717) is 21.1 Å². The number of esters is 1. The van der Waals surface area contributed by atoms with E-state index in [2.05, 4.69) is 20.2 Å². The Kier molecular flexibility index (Phi) is 4.58. The molecule has 1 N–H and O–H groups in total. The molecule has 0 aliphatic rings. The van der Waals surface area contributed by atoms with E-state index in [0.717, 1.165) is 40.1 Å². The highest BCUT2D eigenvalue weighted by Crippen LogP contribution is 2.38. The topological polar surface area (TPSA) is 80.8 Å². The minimum atomic E-state index is -4.55. The zero-order chi connectivity index (χ0) is 20.8. The first-order valence-electron chi connectivity index (χ1n) is 8.36. The van der Waals surface area contributed by atoms with Crippen molar-refractivity contribution in [2.45, 2.75) is 13.1 Å². The summed E-state index contributed by atoms with van der Waals surface area (Å²) in [5.74, 6) is -0.696. The Hall–Kier alpha value is -3.27. The number of carbonyl (C=O) groups is 1. The van der Waals surface area contributed by atoms with E-state index in [1.54, 1.807) is 0 Å². The molecule has 0 saturated heterocycles. The van der Waals surface area contributed by atoms with Crippen LogP contribution in [0.3, 0.4) is 0 Å². The SMILES string of the molecule is COC(=O)c1nc(-c2n[nH]c3c(C)cccc23)sc1-c1ccc(C(F)(F)F)nc1. The minimum Gasteiger partial charge on any atom is -0.464 e. The van der Waals surface area contributed by atoms with Crippen LogP contribution in [0.5, 0.6) is 0 Å². The number of H-pyrrole nitrogens is 1. The van der Waals surface area contributed by atoms with Crippen LogP contribution >= 0.6 is 11.3 Å². The van der Waals surface area contributed by atoms with Gasteiger partial charge in [-0.15, -0.1) is 11.3 Å². The number of nitrogens with zero attached hydrogens (tertiary/aromatic N) is 3. The predicted molar refractivity (Wildman–Crippen MR) is 102 cm³/mol. The number of aromatic amines is 1. The molecule has 148 valence electrons. The molecule has 0 atom stereocenters. The van der Waals surface area contributed by atoms with E-state index in [-0.39, 0.29) is 5.69 Å². The van der Waals surface area contributed by atoms with Gasteiger partial charge < -0.3 is 4.74 Å². The summed E-state index contributed by atoms with van der Waals surface area (Å²) in [5, 5.41) is 8.53. The fraction of sp³-hybridized carbons (Fsp3) is 0.158. The van der Waals surface area contributed by atoms with Gasteiger partial charge in [-0.25, -0.2) is 9.78 Å². The fourth-order valence-electron chi connectivity index (χ4n) is 2.90. The summed E-state index contributed by atoms with van der Waals surface area (Å²) in [5.41, 5.74) is 1.70. The Balaban J connectivity index is 1.85. The molecule has 0 fully saturated rings. The van der Waals surface area contributed by atoms with Crippen LogP contribution in [0, 0.1) is 6.92 Å². The molecule has 10 heteroatoms. The van der Waals surface area contributed by atoms with Crippen molar-refractivity contribution in [1.29, 1.82) is 0 Å². The number of nitrogens with one attached hydrogen (secondary N) is 1. The van der Waals surface area contributed by atoms with Gasteiger partial charge in [0.25, 0.3) is 0 Å². The third kappa shape index (κ3) is 3.35. The van der Waals surface area contributed by atoms with Crippen molar-refractivity contribution < 1.29 is 22.7 Å². The fourth-order valence-corrected chi connectivity index (χ4v) is 3.94. The average molecular weight is 418 g/mol. The number of hydrogen-bond acceptors (Lipinski definition) is 6. The zero-order valence-electron chi connectivity index (χ0n) is 15.2. The van der Waals surface area contributed by atoms with Gasteiger partial charge in [-0.2, -0.15) is 18.3 Å². The van der Waals surface area contributed by atoms with Crippen LogP contribution in [0.2, 0.25) is 0 Å². The quantitative estimate of drug-likeness (QED) is 0.481. The molecule has 0 saturated carbocycles. The number of thiazole rings is 1. The Morgan fingerprint density at radius 1 is 1.21 bits per heavy atom. The van der Waals surface area contributed by atoms with Crippen LogP contribution in [0.25, 0.3) is 32.0 Å². The summed E-state index contributed by atoms with van der Waals surface area (Å²) in [7, 11) is 1.21. The summed E-state index contributed by atoms with van der Waals surface area (Å²) in [6, 6.07) is 7.81. The van der Waals surface area contributed by atoms with Crippen molar-refractivity contribution in [3.63, 3.8) is 0 Å². The average Bonchev–Trinajstić information content (AvgIpc) is 3.32. The Labute approximate surface area is 166 Å². The highest BCUT2D eigenvalue weighted by molar-refractivity contribution is 7.18. The van der Waals surface area contributed by atoms with Gasteiger partial charge in [-0.3, -0.25) is 10.1 Å². The van der Waals surface area contributed by atoms with E-state index in [4.69, 9.17) is 4.74 Å². The third-order valence-corrected chi connectivity index (χ3v) is 5.44. The van der Waals surface area contributed by atoms with Crippen molar-refractivity contribution >= 4 is 28.2 Å². The van der Waals surface area contributed by atoms with Crippen molar-refractivity contribution in [2.24, 2.45) is 0 Å². The number of methoxy groups -OCH3 is 1. The minimum absolute atomic E-state index is 0.00198. The van der Waals surface area contributed by atoms with E-state index in [1.165, 1.54) is 13.2 Å². The maximum Gasteiger partial charge on any atom is 0.433 e. The first-order chi connectivity index (χ1) is 13.8. The molecule has 0 aliphatic heterocycles. The smallest absolute Gasteiger partial charge is 0.433 e. The molecule has 0 bridgehead atoms. The molecular weight excluding hydrogens is 405 g/mol. The van der Waals surface area contributed by atoms with E-state index in [1.807, 2.05) is 25.1 Å². The summed E-state index contributed by atoms with van der Waals surface area (Å²) < 4.78 is 43.2. The number of benzene rings is 1. The number of hydrogen-bond donors (Lipinski definition) is 1. The van der Waals surface area contributed by atoms with Crippen molar-refractivity contribution in [3.05, 3.63) is 53.5 Å². The lowest BCUT2D eigenvalue weighted by atomic mass is 10.1. The van der Waals surface area contributed by atoms with Crippen molar-refractivity contribution in [2.75, 3.05) is 7.11 Å². The van der Waals surface area contributed by atoms with Crippen LogP contribution in [0.1, 0.15) is 21.7 Å². The van der Waals surface area contributed by atoms with Gasteiger partial charge in [-0.05, 0) is 24.6 Å². The highest BCUT2D eigenvalue weighted by Gasteiger charge is 2.32. The first-order valence-corrected chi connectivity index (χ1v) is 9.18. The van der Waals surface area contributed by atoms with Gasteiger partial charge >= 0.3 is 12.1 Å². The van der Waals surface area contributed by atoms with E-state index >= 15 is 0 Å². The Bertz CT molecular complexity index is 1210. The number of aryl methyl sites for hydroxylation is 1. The number of aromatic nitrogens is 4. The summed E-state index contributed by atoms with van der Waals surface area (Å²) in [4.78, 5) is 20.4. The van der Waals surface area contributed by atoms with Crippen LogP contribution < -0.4 is 0 Å². The zero-order valence-corrected chi connectivity index (χ0v) is 16.0. The first kappa shape index (κ1) is 19.1. The number of carbonyl (C=O) groups excluding carboxylic acids is 1. The van der Waals surface area contributed by atoms with Crippen LogP contribution in [0.15, 0.2) is 36.5 Å². The van der Waals surface area contributed by atoms with Gasteiger partial charge in [0.05, 0.1) is 17.5 Å². The van der Waals surface area contributed by atoms with Gasteiger partial charge in [-0.1, -0.05) is 18.2 Å². The van der Waals surface area contributed by atoms with E-state index < -0.39 is 17.8 Å². The molecule has 0 aliphatic carbocycles. The molecule has 0 radical (unpaired) electrons. The monoisotopic (exact) mass is 418 g/mol. The highest BCUT2D eigenvalue weighted by atomic mass is 32.1. The predicted octanol–water partition coefficient (Wildman–Crippen LogP) is 4.86. The Morgan fingerprint density at radius 3 is 2.66 bits per heavy atom. The number of alkyl halides is 3. The van der Waals surface area contributed by atoms with Crippen LogP contribution in [-0.4, -0.2) is 33.2 Å². The molecule has 0 unspecified atom stereocenters. The number of halogens is 3. The van der Waals surface area contributed by atoms with E-state index in [9.17, 15) is 18.0 Å². The molecule has 4 aromatic rings. The maximum atomic E-state index is 12.8. The molecule has 0 amide bonds. The van der Waals surface area contributed by atoms with Crippen LogP contribution in [0.4, 0.5) is 13.2 Å². The second-order valence-corrected chi connectivity index (χ2v) is 7.19. The lowest BCUT2D eigenvalue weighted by Gasteiger charge is -2.06. The van der Waals surface area contributed by atoms with Gasteiger partial charge in [0, 0.05) is 17.1 Å². The number of ether oxygens (including phenoxy) is 1. The molecule has 3 heterocycles. The molecule has 1 aromatic carbocycles. The maximum absolute atomic E-state index is 12.8. The van der Waals surface area contributed by atoms with Gasteiger partial charge in [0.1, 0.15) is 16.4 Å². The largest absolute Gasteiger partial charge is 0.464 e. The lowest BCUT2D eigenvalue weighted by Crippen LogP contribution is -2.07. The molecule has 29 heavy (non-hydrogen) atoms. The summed E-state index contributed by atoms with van der Waals surface area (Å²) >= 11 is 1.13. The lowest BCUT2D eigenvalue weighted by molar-refractivity contribution is -0.141. The van der Waals surface area contributed by atoms with Crippen molar-refractivity contribution in [3.8, 4) is 21.1 Å². The second-order valence-electron chi connectivity index (χ2n) is 6.19. The number of fused-ring (bicyclic) bond motifs is 1. The van der Waals surface area contributed by atoms with Gasteiger partial charge in [0.2, 0.25) is 0 Å². The second kappa shape index (κ2) is 6.96.